The zero-order chi connectivity index (χ0) is 29.0. The summed E-state index contributed by atoms with van der Waals surface area (Å²) in [6.07, 6.45) is 9.24. The van der Waals surface area contributed by atoms with E-state index in [-0.39, 0.29) is 29.7 Å². The number of nitrogens with zero attached hydrogens (tertiary/aromatic N) is 6. The molecule has 10 nitrogen and oxygen atoms in total. The third-order valence-corrected chi connectivity index (χ3v) is 8.79. The smallest absolute Gasteiger partial charge is 0.229 e. The Kier molecular flexibility index (Phi) is 6.82. The summed E-state index contributed by atoms with van der Waals surface area (Å²) in [5, 5.41) is 6.92. The fraction of sp³-hybridized carbons (Fsp3) is 0.387. The second-order valence-corrected chi connectivity index (χ2v) is 12.3. The summed E-state index contributed by atoms with van der Waals surface area (Å²) in [5.74, 6) is 1.73. The van der Waals surface area contributed by atoms with Gasteiger partial charge in [0.1, 0.15) is 18.0 Å². The minimum absolute atomic E-state index is 0.0584. The maximum atomic E-state index is 13.0. The van der Waals surface area contributed by atoms with Crippen LogP contribution in [0.15, 0.2) is 55.1 Å². The van der Waals surface area contributed by atoms with Crippen LogP contribution in [0.2, 0.25) is 5.02 Å². The van der Waals surface area contributed by atoms with Crippen molar-refractivity contribution in [3.05, 3.63) is 77.0 Å². The maximum absolute atomic E-state index is 13.0. The first-order valence-corrected chi connectivity index (χ1v) is 14.8. The van der Waals surface area contributed by atoms with Gasteiger partial charge in [0.05, 0.1) is 17.9 Å². The van der Waals surface area contributed by atoms with Gasteiger partial charge in [-0.3, -0.25) is 9.59 Å². The average molecular weight is 585 g/mol. The van der Waals surface area contributed by atoms with E-state index in [1.54, 1.807) is 6.07 Å². The lowest BCUT2D eigenvalue weighted by Gasteiger charge is -2.21. The summed E-state index contributed by atoms with van der Waals surface area (Å²) in [5.41, 5.74) is 4.81. The molecule has 11 heteroatoms. The zero-order valence-corrected chi connectivity index (χ0v) is 24.4. The van der Waals surface area contributed by atoms with E-state index < -0.39 is 0 Å². The van der Waals surface area contributed by atoms with Crippen LogP contribution in [0.4, 0.5) is 17.3 Å². The SMILES string of the molecule is CN(C)C1CC(=O)N(c2cc(C3CC3)cn3cc(CNc4cc(NC(=O)[C@H]5C[C@@H]5c5cccc(Cl)c5)ncn4)nc23)C1. The number of nitrogens with one attached hydrogen (secondary N) is 2. The van der Waals surface area contributed by atoms with Crippen LogP contribution in [-0.2, 0) is 16.1 Å². The maximum Gasteiger partial charge on any atom is 0.229 e. The number of pyridine rings is 1. The van der Waals surface area contributed by atoms with Crippen molar-refractivity contribution in [3.8, 4) is 0 Å². The van der Waals surface area contributed by atoms with Crippen molar-refractivity contribution in [2.24, 2.45) is 5.92 Å². The van der Waals surface area contributed by atoms with Gasteiger partial charge in [-0.25, -0.2) is 15.0 Å². The number of hydrogen-bond acceptors (Lipinski definition) is 7. The molecule has 3 atom stereocenters. The Bertz CT molecular complexity index is 1680. The number of likely N-dealkylation sites (N-methyl/N-ethyl adjacent to an activating group) is 1. The molecule has 4 aromatic rings. The fourth-order valence-electron chi connectivity index (χ4n) is 5.86. The van der Waals surface area contributed by atoms with Crippen LogP contribution in [0.3, 0.4) is 0 Å². The quantitative estimate of drug-likeness (QED) is 0.294. The molecule has 1 aliphatic heterocycles. The molecule has 42 heavy (non-hydrogen) atoms. The number of aromatic nitrogens is 4. The number of rotatable bonds is 9. The third kappa shape index (κ3) is 5.44. The van der Waals surface area contributed by atoms with Crippen LogP contribution in [0.1, 0.15) is 54.3 Å². The van der Waals surface area contributed by atoms with E-state index in [0.29, 0.717) is 42.1 Å². The summed E-state index contributed by atoms with van der Waals surface area (Å²) < 4.78 is 2.05. The molecule has 7 rings (SSSR count). The number of imidazole rings is 1. The van der Waals surface area contributed by atoms with Gasteiger partial charge < -0.3 is 24.8 Å². The number of carbonyl (C=O) groups excluding carboxylic acids is 2. The number of amides is 2. The van der Waals surface area contributed by atoms with E-state index in [4.69, 9.17) is 16.6 Å². The lowest BCUT2D eigenvalue weighted by Crippen LogP contribution is -2.32. The fourth-order valence-corrected chi connectivity index (χ4v) is 6.06. The van der Waals surface area contributed by atoms with Crippen LogP contribution >= 0.6 is 11.6 Å². The second-order valence-electron chi connectivity index (χ2n) is 11.9. The molecule has 216 valence electrons. The molecule has 0 radical (unpaired) electrons. The minimum Gasteiger partial charge on any atom is -0.364 e. The Morgan fingerprint density at radius 2 is 1.93 bits per heavy atom. The molecule has 4 heterocycles. The van der Waals surface area contributed by atoms with Crippen molar-refractivity contribution in [1.29, 1.82) is 0 Å². The van der Waals surface area contributed by atoms with Gasteiger partial charge in [0.15, 0.2) is 5.65 Å². The Balaban J connectivity index is 1.04. The van der Waals surface area contributed by atoms with Gasteiger partial charge in [-0.2, -0.15) is 0 Å². The molecule has 1 unspecified atom stereocenters. The molecule has 2 saturated carbocycles. The molecular formula is C31H33ClN8O2. The number of halogens is 1. The zero-order valence-electron chi connectivity index (χ0n) is 23.6. The van der Waals surface area contributed by atoms with E-state index in [2.05, 4.69) is 37.8 Å². The minimum atomic E-state index is -0.0990. The van der Waals surface area contributed by atoms with Gasteiger partial charge in [0.25, 0.3) is 0 Å². The third-order valence-electron chi connectivity index (χ3n) is 8.55. The number of anilines is 3. The van der Waals surface area contributed by atoms with E-state index in [1.807, 2.05) is 53.9 Å². The summed E-state index contributed by atoms with van der Waals surface area (Å²) in [4.78, 5) is 43.4. The highest BCUT2D eigenvalue weighted by atomic mass is 35.5. The van der Waals surface area contributed by atoms with Crippen molar-refractivity contribution >= 4 is 46.4 Å². The molecule has 0 spiro atoms. The molecule has 2 aliphatic carbocycles. The molecule has 3 fully saturated rings. The van der Waals surface area contributed by atoms with Crippen LogP contribution in [0, 0.1) is 5.92 Å². The van der Waals surface area contributed by atoms with Crippen molar-refractivity contribution in [2.75, 3.05) is 36.2 Å². The molecule has 1 saturated heterocycles. The molecule has 2 N–H and O–H groups in total. The first-order valence-electron chi connectivity index (χ1n) is 14.4. The van der Waals surface area contributed by atoms with Gasteiger partial charge in [0, 0.05) is 48.4 Å². The second kappa shape index (κ2) is 10.7. The normalized spacial score (nSPS) is 21.8. The van der Waals surface area contributed by atoms with Gasteiger partial charge in [-0.1, -0.05) is 23.7 Å². The van der Waals surface area contributed by atoms with Crippen LogP contribution in [0.5, 0.6) is 0 Å². The topological polar surface area (TPSA) is 108 Å². The summed E-state index contributed by atoms with van der Waals surface area (Å²) in [6.45, 7) is 1.09. The van der Waals surface area contributed by atoms with Crippen LogP contribution in [-0.4, -0.2) is 62.7 Å². The van der Waals surface area contributed by atoms with E-state index in [0.717, 1.165) is 29.0 Å². The summed E-state index contributed by atoms with van der Waals surface area (Å²) in [6, 6.07) is 11.8. The van der Waals surface area contributed by atoms with Crippen LogP contribution in [0.25, 0.3) is 5.65 Å². The number of carbonyl (C=O) groups is 2. The van der Waals surface area contributed by atoms with Crippen molar-refractivity contribution in [1.82, 2.24) is 24.3 Å². The number of benzene rings is 1. The van der Waals surface area contributed by atoms with E-state index >= 15 is 0 Å². The molecule has 3 aliphatic rings. The molecule has 3 aromatic heterocycles. The first kappa shape index (κ1) is 26.9. The van der Waals surface area contributed by atoms with Crippen LogP contribution < -0.4 is 15.5 Å². The Morgan fingerprint density at radius 1 is 1.10 bits per heavy atom. The van der Waals surface area contributed by atoms with Gasteiger partial charge in [-0.05, 0) is 74.5 Å². The molecule has 2 amide bonds. The van der Waals surface area contributed by atoms with Gasteiger partial charge >= 0.3 is 0 Å². The average Bonchev–Trinajstić information content (AvgIpc) is 3.89. The molecule has 0 bridgehead atoms. The Labute approximate surface area is 249 Å². The lowest BCUT2D eigenvalue weighted by atomic mass is 10.1. The highest BCUT2D eigenvalue weighted by Gasteiger charge is 2.44. The highest BCUT2D eigenvalue weighted by molar-refractivity contribution is 6.30. The van der Waals surface area contributed by atoms with Gasteiger partial charge in [-0.15, -0.1) is 0 Å². The number of fused-ring (bicyclic) bond motifs is 1. The summed E-state index contributed by atoms with van der Waals surface area (Å²) in [7, 11) is 4.04. The highest BCUT2D eigenvalue weighted by Crippen LogP contribution is 2.48. The Hall–Kier alpha value is -4.02. The largest absolute Gasteiger partial charge is 0.364 e. The predicted octanol–water partition coefficient (Wildman–Crippen LogP) is 4.68. The monoisotopic (exact) mass is 584 g/mol. The van der Waals surface area contributed by atoms with E-state index in [9.17, 15) is 9.59 Å². The number of hydrogen-bond donors (Lipinski definition) is 2. The van der Waals surface area contributed by atoms with Crippen molar-refractivity contribution < 1.29 is 9.59 Å². The van der Waals surface area contributed by atoms with Crippen molar-refractivity contribution in [2.45, 2.75) is 50.1 Å². The molecule has 1 aromatic carbocycles. The standard InChI is InChI=1S/C31H33ClN8O2/c1-38(2)23-10-29(41)40(16-23)26-9-20(18-6-7-18)14-39-15-22(36-30(26)39)13-33-27-12-28(35-17-34-27)37-31(42)25-11-24(25)19-4-3-5-21(32)8-19/h3-5,8-9,12,14-15,17-18,23-25H,6-7,10-11,13,16H2,1-2H3,(H2,33,34,35,37,42)/t23?,24-,25+/m1/s1. The lowest BCUT2D eigenvalue weighted by molar-refractivity contribution is -0.118. The Morgan fingerprint density at radius 3 is 2.69 bits per heavy atom. The van der Waals surface area contributed by atoms with E-state index in [1.165, 1.54) is 24.7 Å². The first-order chi connectivity index (χ1) is 20.3. The summed E-state index contributed by atoms with van der Waals surface area (Å²) >= 11 is 6.12. The predicted molar refractivity (Wildman–Crippen MR) is 162 cm³/mol. The van der Waals surface area contributed by atoms with Crippen molar-refractivity contribution in [3.63, 3.8) is 0 Å². The van der Waals surface area contributed by atoms with Gasteiger partial charge in [0.2, 0.25) is 11.8 Å². The molecular weight excluding hydrogens is 552 g/mol.